The maximum Gasteiger partial charge on any atom is 2.00 e. The average molecular weight is 1320 g/mol. The van der Waals surface area contributed by atoms with Gasteiger partial charge < -0.3 is 38.7 Å². The van der Waals surface area contributed by atoms with Crippen LogP contribution in [0.25, 0.3) is 0 Å². The predicted octanol–water partition coefficient (Wildman–Crippen LogP) is 8.24. The van der Waals surface area contributed by atoms with Crippen LogP contribution in [0.2, 0.25) is 0 Å². The van der Waals surface area contributed by atoms with E-state index >= 15 is 0 Å². The Morgan fingerprint density at radius 2 is 0.595 bits per heavy atom. The predicted molar refractivity (Wildman–Crippen MR) is 282 cm³/mol. The maximum atomic E-state index is 11.4. The Morgan fingerprint density at radius 1 is 0.378 bits per heavy atom. The van der Waals surface area contributed by atoms with E-state index in [4.69, 9.17) is 18.9 Å². The van der Waals surface area contributed by atoms with Gasteiger partial charge in [-0.1, -0.05) is 107 Å². The standard InChI is InChI=1S/2C16H24O2.2C5H4O2Se.4C4H8O.2Mo/c2*1-9(2)12-7-13(10(3)4)15(16(17)18)14(8-12)11(5)6;2*6-5(7)4-2-1-3-8-4;4*1-2-4-5-3-1;;/h2*7-11H,1-6H3,(H,17,18);2*1-3H,(H,6,7);4*1-4H2;;/q;;;;;;;;2*+2/p-4. The fourth-order valence-electron chi connectivity index (χ4n) is 7.21. The van der Waals surface area contributed by atoms with Crippen molar-refractivity contribution >= 4 is 52.9 Å². The third-order valence-electron chi connectivity index (χ3n) is 11.4. The van der Waals surface area contributed by atoms with Crippen LogP contribution < -0.4 is 20.4 Å². The molecule has 6 heterocycles. The van der Waals surface area contributed by atoms with Crippen molar-refractivity contribution in [1.29, 1.82) is 0 Å². The smallest absolute Gasteiger partial charge is 2.00 e. The number of ether oxygens (including phenoxy) is 4. The van der Waals surface area contributed by atoms with Gasteiger partial charge in [-0.05, 0) is 120 Å². The third-order valence-corrected chi connectivity index (χ3v) is 15.0. The van der Waals surface area contributed by atoms with Crippen LogP contribution in [-0.4, -0.2) is 106 Å². The SMILES string of the molecule is C1CCOC1.C1CCOC1.C1CCOC1.C1CCOC1.CC(C)c1cc(C(C)C)c(C(=O)[O-])c(C(C)C)c1.CC(C)c1cc(C(C)C)c(C(=O)[O-])c(C(C)C)c1.O=C([O-])c1ccc[se]1.O=C([O-])c1ccc[se]1.[Mo+2].[Mo+2]. The molecule has 8 rings (SSSR count). The molecule has 74 heavy (non-hydrogen) atoms. The molecule has 16 heteroatoms. The fourth-order valence-corrected chi connectivity index (χ4v) is 9.55. The Hall–Kier alpha value is -2.46. The molecule has 0 atom stereocenters. The second-order valence-corrected chi connectivity index (χ2v) is 23.4. The van der Waals surface area contributed by atoms with Crippen LogP contribution in [-0.2, 0) is 61.1 Å². The van der Waals surface area contributed by atoms with E-state index < -0.39 is 23.9 Å². The number of benzene rings is 2. The molecule has 2 aromatic carbocycles. The van der Waals surface area contributed by atoms with E-state index in [9.17, 15) is 39.6 Å². The first-order valence-electron chi connectivity index (χ1n) is 25.7. The molecule has 12 nitrogen and oxygen atoms in total. The Balaban J connectivity index is 0. The molecule has 4 saturated heterocycles. The Bertz CT molecular complexity index is 1840. The third kappa shape index (κ3) is 30.5. The molecular weight excluding hydrogens is 1240 g/mol. The van der Waals surface area contributed by atoms with E-state index in [1.165, 1.54) is 62.5 Å². The molecule has 0 bridgehead atoms. The number of rotatable bonds is 10. The zero-order chi connectivity index (χ0) is 54.2. The van der Waals surface area contributed by atoms with Crippen molar-refractivity contribution in [2.24, 2.45) is 0 Å². The molecule has 0 radical (unpaired) electrons. The minimum absolute atomic E-state index is 0. The summed E-state index contributed by atoms with van der Waals surface area (Å²) >= 11 is 0.0532. The van der Waals surface area contributed by atoms with Crippen LogP contribution in [0.4, 0.5) is 0 Å². The summed E-state index contributed by atoms with van der Waals surface area (Å²) in [5.74, 6) is -2.63. The average Bonchev–Trinajstić information content (AvgIpc) is 4.20. The van der Waals surface area contributed by atoms with Gasteiger partial charge in [-0.15, -0.1) is 0 Å². The van der Waals surface area contributed by atoms with Gasteiger partial charge in [-0.25, -0.2) is 0 Å². The van der Waals surface area contributed by atoms with Crippen LogP contribution in [0.15, 0.2) is 58.4 Å². The van der Waals surface area contributed by atoms with Crippen molar-refractivity contribution in [3.8, 4) is 0 Å². The van der Waals surface area contributed by atoms with E-state index in [2.05, 4.69) is 27.7 Å². The number of hydrogen-bond donors (Lipinski definition) is 0. The summed E-state index contributed by atoms with van der Waals surface area (Å²) in [5.41, 5.74) is 6.76. The van der Waals surface area contributed by atoms with Crippen molar-refractivity contribution in [3.05, 3.63) is 112 Å². The van der Waals surface area contributed by atoms with Gasteiger partial charge in [0.2, 0.25) is 0 Å². The molecule has 0 amide bonds. The van der Waals surface area contributed by atoms with Crippen LogP contribution in [0.3, 0.4) is 0 Å². The quantitative estimate of drug-likeness (QED) is 0.138. The topological polar surface area (TPSA) is 197 Å². The van der Waals surface area contributed by atoms with Gasteiger partial charge in [0, 0.05) is 64.0 Å². The minimum Gasteiger partial charge on any atom is 2.00 e. The second-order valence-electron chi connectivity index (χ2n) is 19.5. The summed E-state index contributed by atoms with van der Waals surface area (Å²) in [6, 6.07) is 14.7. The normalized spacial score (nSPS) is 14.1. The van der Waals surface area contributed by atoms with E-state index in [0.29, 0.717) is 31.8 Å². The number of carboxylic acids is 4. The van der Waals surface area contributed by atoms with Crippen LogP contribution in [0.1, 0.15) is 243 Å². The molecule has 0 spiro atoms. The first-order chi connectivity index (χ1) is 34.1. The molecule has 0 unspecified atom stereocenters. The van der Waals surface area contributed by atoms with Gasteiger partial charge in [0.05, 0.1) is 11.9 Å². The van der Waals surface area contributed by atoms with E-state index in [-0.39, 0.29) is 94.8 Å². The Labute approximate surface area is 484 Å². The van der Waals surface area contributed by atoms with Crippen molar-refractivity contribution in [1.82, 2.24) is 0 Å². The van der Waals surface area contributed by atoms with E-state index in [1.54, 1.807) is 24.3 Å². The minimum atomic E-state index is -1.06. The van der Waals surface area contributed by atoms with Crippen LogP contribution >= 0.6 is 0 Å². The number of hydrogen-bond acceptors (Lipinski definition) is 12. The number of carbonyl (C=O) groups is 4. The zero-order valence-corrected chi connectivity index (χ0v) is 53.5. The molecule has 0 aliphatic carbocycles. The molecule has 4 aromatic rings. The van der Waals surface area contributed by atoms with E-state index in [0.717, 1.165) is 75.1 Å². The van der Waals surface area contributed by atoms with Crippen molar-refractivity contribution in [2.45, 2.75) is 170 Å². The van der Waals surface area contributed by atoms with Gasteiger partial charge in [0.1, 0.15) is 0 Å². The molecule has 4 aliphatic heterocycles. The van der Waals surface area contributed by atoms with Gasteiger partial charge in [0.25, 0.3) is 0 Å². The molecular formula is C58H84Mo2O12Se2. The first-order valence-corrected chi connectivity index (χ1v) is 29.4. The molecule has 2 aromatic heterocycles. The Morgan fingerprint density at radius 3 is 0.689 bits per heavy atom. The second kappa shape index (κ2) is 42.5. The summed E-state index contributed by atoms with van der Waals surface area (Å²) < 4.78 is 20.6. The van der Waals surface area contributed by atoms with Gasteiger partial charge in [0.15, 0.2) is 0 Å². The summed E-state index contributed by atoms with van der Waals surface area (Å²) in [5, 5.41) is 42.8. The first kappa shape index (κ1) is 73.6. The van der Waals surface area contributed by atoms with Gasteiger partial charge in [-0.3, -0.25) is 0 Å². The maximum absolute atomic E-state index is 11.4. The van der Waals surface area contributed by atoms with Gasteiger partial charge >= 0.3 is 146 Å². The summed E-state index contributed by atoms with van der Waals surface area (Å²) in [4.78, 5) is 46.5. The summed E-state index contributed by atoms with van der Waals surface area (Å²) in [6.45, 7) is 32.7. The monoisotopic (exact) mass is 1330 g/mol. The van der Waals surface area contributed by atoms with Crippen molar-refractivity contribution in [2.75, 3.05) is 52.9 Å². The Kier molecular flexibility index (Phi) is 42.3. The van der Waals surface area contributed by atoms with Crippen LogP contribution in [0.5, 0.6) is 0 Å². The summed E-state index contributed by atoms with van der Waals surface area (Å²) in [6.07, 6.45) is 10.2. The summed E-state index contributed by atoms with van der Waals surface area (Å²) in [7, 11) is 0. The van der Waals surface area contributed by atoms with Crippen LogP contribution in [0, 0.1) is 0 Å². The number of aromatic carboxylic acids is 4. The van der Waals surface area contributed by atoms with Gasteiger partial charge in [-0.2, -0.15) is 0 Å². The molecule has 412 valence electrons. The fraction of sp³-hybridized carbons (Fsp3) is 0.586. The zero-order valence-electron chi connectivity index (χ0n) is 46.1. The van der Waals surface area contributed by atoms with Crippen molar-refractivity contribution in [3.63, 3.8) is 0 Å². The molecule has 0 saturated carbocycles. The number of carbonyl (C=O) groups excluding carboxylic acids is 4. The molecule has 4 fully saturated rings. The van der Waals surface area contributed by atoms with Crippen molar-refractivity contribution < 1.29 is 101 Å². The largest absolute Gasteiger partial charge is 2.00 e. The number of carboxylic acid groups (broad SMARTS) is 4. The molecule has 0 N–H and O–H groups in total. The van der Waals surface area contributed by atoms with E-state index in [1.807, 2.05) is 89.5 Å². The molecule has 4 aliphatic rings.